The molecule has 2 amide bonds. The quantitative estimate of drug-likeness (QED) is 0.216. The molecule has 1 aromatic carbocycles. The highest BCUT2D eigenvalue weighted by atomic mass is 19.1. The average molecular weight is 557 g/mol. The normalized spacial score (nSPS) is 31.8. The van der Waals surface area contributed by atoms with Crippen molar-refractivity contribution in [2.75, 3.05) is 26.0 Å². The molecule has 0 bridgehead atoms. The summed E-state index contributed by atoms with van der Waals surface area (Å²) in [6, 6.07) is -1.64. The Bertz CT molecular complexity index is 1500. The van der Waals surface area contributed by atoms with Crippen LogP contribution in [0.5, 0.6) is 5.75 Å². The number of hydrogen-bond acceptors (Lipinski definition) is 10. The van der Waals surface area contributed by atoms with Gasteiger partial charge in [-0.15, -0.1) is 0 Å². The minimum Gasteiger partial charge on any atom is -0.510 e. The molecule has 212 valence electrons. The van der Waals surface area contributed by atoms with E-state index < -0.39 is 92.7 Å². The Balaban J connectivity index is 1.53. The molecule has 5 atom stereocenters. The Hall–Kier alpha value is -3.81. The summed E-state index contributed by atoms with van der Waals surface area (Å²) in [5.41, 5.74) is 0.507. The molecule has 1 saturated heterocycles. The first-order valence-electron chi connectivity index (χ1n) is 13.1. The number of carbonyl (C=O) groups is 4. The summed E-state index contributed by atoms with van der Waals surface area (Å²) in [6.07, 6.45) is 1.01. The van der Waals surface area contributed by atoms with Gasteiger partial charge in [0.1, 0.15) is 22.9 Å². The van der Waals surface area contributed by atoms with Gasteiger partial charge in [0.05, 0.1) is 23.3 Å². The highest BCUT2D eigenvalue weighted by molar-refractivity contribution is 6.25. The molecule has 0 spiro atoms. The topological polar surface area (TPSA) is 194 Å². The van der Waals surface area contributed by atoms with E-state index in [4.69, 9.17) is 5.73 Å². The van der Waals surface area contributed by atoms with Crippen LogP contribution in [-0.4, -0.2) is 91.9 Å². The number of aliphatic hydroxyl groups is 3. The minimum absolute atomic E-state index is 0.0480. The number of nitrogens with zero attached hydrogens (tertiary/aromatic N) is 2. The molecule has 1 fully saturated rings. The number of aromatic hydroxyl groups is 1. The number of ketones is 2. The number of halogens is 1. The summed E-state index contributed by atoms with van der Waals surface area (Å²) < 4.78 is 16.2. The SMILES string of the molecule is CN(C)[C@@H]1C(O)=C(C(N)=O)C(=O)[C@@]2(O)C(O)=C3C(=O)c4c(O)c5c(c(F)c4C[C@H]3C[C@@H]12)CN1CCC[C@H]1C(=O)N5. The first-order valence-corrected chi connectivity index (χ1v) is 13.1. The highest BCUT2D eigenvalue weighted by Crippen LogP contribution is 2.53. The Kier molecular flexibility index (Phi) is 5.67. The monoisotopic (exact) mass is 556 g/mol. The molecule has 12 nitrogen and oxygen atoms in total. The summed E-state index contributed by atoms with van der Waals surface area (Å²) >= 11 is 0. The molecule has 40 heavy (non-hydrogen) atoms. The molecule has 2 aliphatic heterocycles. The van der Waals surface area contributed by atoms with E-state index in [-0.39, 0.29) is 36.2 Å². The number of amides is 2. The maximum Gasteiger partial charge on any atom is 0.255 e. The summed E-state index contributed by atoms with van der Waals surface area (Å²) in [7, 11) is 3.06. The van der Waals surface area contributed by atoms with Gasteiger partial charge in [-0.1, -0.05) is 0 Å². The number of benzene rings is 1. The molecule has 5 aliphatic rings. The second kappa shape index (κ2) is 8.59. The average Bonchev–Trinajstić information content (AvgIpc) is 3.29. The van der Waals surface area contributed by atoms with Gasteiger partial charge in [-0.3, -0.25) is 29.0 Å². The number of anilines is 1. The van der Waals surface area contributed by atoms with Gasteiger partial charge in [0.15, 0.2) is 17.1 Å². The van der Waals surface area contributed by atoms with E-state index in [1.165, 1.54) is 19.0 Å². The van der Waals surface area contributed by atoms with Crippen LogP contribution >= 0.6 is 0 Å². The van der Waals surface area contributed by atoms with Crippen LogP contribution in [-0.2, 0) is 27.3 Å². The van der Waals surface area contributed by atoms with Crippen molar-refractivity contribution >= 4 is 29.1 Å². The van der Waals surface area contributed by atoms with Gasteiger partial charge in [-0.2, -0.15) is 0 Å². The number of nitrogens with two attached hydrogens (primary N) is 1. The molecule has 0 unspecified atom stereocenters. The fourth-order valence-electron chi connectivity index (χ4n) is 7.40. The van der Waals surface area contributed by atoms with Crippen LogP contribution in [0.2, 0.25) is 0 Å². The highest BCUT2D eigenvalue weighted by Gasteiger charge is 2.63. The number of primary amides is 1. The molecule has 1 aromatic rings. The summed E-state index contributed by atoms with van der Waals surface area (Å²) in [5, 5.41) is 47.6. The third-order valence-electron chi connectivity index (χ3n) is 9.20. The summed E-state index contributed by atoms with van der Waals surface area (Å²) in [4.78, 5) is 55.4. The van der Waals surface area contributed by atoms with Crippen LogP contribution in [0.1, 0.15) is 40.7 Å². The number of phenolic OH excluding ortho intramolecular Hbond substituents is 1. The van der Waals surface area contributed by atoms with Crippen LogP contribution in [0.25, 0.3) is 0 Å². The summed E-state index contributed by atoms with van der Waals surface area (Å²) in [5.74, 6) is -9.35. The minimum atomic E-state index is -2.79. The number of rotatable bonds is 2. The van der Waals surface area contributed by atoms with Gasteiger partial charge in [0.25, 0.3) is 5.91 Å². The van der Waals surface area contributed by atoms with Crippen LogP contribution in [0.4, 0.5) is 10.1 Å². The van der Waals surface area contributed by atoms with Crippen molar-refractivity contribution in [2.45, 2.75) is 49.9 Å². The lowest BCUT2D eigenvalue weighted by molar-refractivity contribution is -0.148. The Labute approximate surface area is 227 Å². The van der Waals surface area contributed by atoms with Crippen molar-refractivity contribution in [1.82, 2.24) is 9.80 Å². The van der Waals surface area contributed by atoms with Crippen LogP contribution < -0.4 is 11.1 Å². The first-order chi connectivity index (χ1) is 18.8. The van der Waals surface area contributed by atoms with Crippen molar-refractivity contribution in [2.24, 2.45) is 17.6 Å². The van der Waals surface area contributed by atoms with E-state index in [1.807, 2.05) is 4.90 Å². The van der Waals surface area contributed by atoms with Gasteiger partial charge in [-0.25, -0.2) is 4.39 Å². The molecule has 7 N–H and O–H groups in total. The zero-order chi connectivity index (χ0) is 29.0. The third kappa shape index (κ3) is 3.22. The number of likely N-dealkylation sites (N-methyl/N-ethyl adjacent to an activating group) is 1. The fourth-order valence-corrected chi connectivity index (χ4v) is 7.40. The molecule has 2 heterocycles. The Morgan fingerprint density at radius 2 is 1.88 bits per heavy atom. The molecule has 0 aromatic heterocycles. The number of hydrogen-bond donors (Lipinski definition) is 6. The van der Waals surface area contributed by atoms with Gasteiger partial charge < -0.3 is 31.5 Å². The number of Topliss-reactive ketones (excluding diaryl/α,β-unsaturated/α-hetero) is 2. The van der Waals surface area contributed by atoms with Gasteiger partial charge >= 0.3 is 0 Å². The van der Waals surface area contributed by atoms with Crippen molar-refractivity contribution in [3.05, 3.63) is 45.2 Å². The number of fused-ring (bicyclic) bond motifs is 5. The van der Waals surface area contributed by atoms with Crippen molar-refractivity contribution in [3.8, 4) is 5.75 Å². The Morgan fingerprint density at radius 3 is 2.52 bits per heavy atom. The second-order valence-electron chi connectivity index (χ2n) is 11.5. The summed E-state index contributed by atoms with van der Waals surface area (Å²) in [6.45, 7) is 0.619. The van der Waals surface area contributed by atoms with Gasteiger partial charge in [-0.05, 0) is 52.2 Å². The van der Waals surface area contributed by atoms with Crippen molar-refractivity contribution in [3.63, 3.8) is 0 Å². The standard InChI is InChI=1S/C27H29FN4O8/c1-31(2)19-12-7-9-6-10-15(20(33)14(9)23(36)27(12,40)24(37)16(22(19)35)25(29)38)21(34)18-11(17(10)28)8-32-5-3-4-13(32)26(39)30-18/h9,12-13,19,34-36,40H,3-8H2,1-2H3,(H2,29,38)(H,30,39)/t9-,12-,13-,19-,27-/m0/s1. The van der Waals surface area contributed by atoms with Crippen LogP contribution in [0.3, 0.4) is 0 Å². The van der Waals surface area contributed by atoms with E-state index in [1.54, 1.807) is 0 Å². The maximum atomic E-state index is 16.2. The molecule has 0 saturated carbocycles. The van der Waals surface area contributed by atoms with Crippen LogP contribution in [0, 0.1) is 17.7 Å². The van der Waals surface area contributed by atoms with E-state index in [0.717, 1.165) is 6.42 Å². The molecular formula is C27H29FN4O8. The maximum absolute atomic E-state index is 16.2. The number of phenols is 1. The smallest absolute Gasteiger partial charge is 0.255 e. The molecule has 3 aliphatic carbocycles. The third-order valence-corrected chi connectivity index (χ3v) is 9.20. The van der Waals surface area contributed by atoms with Crippen molar-refractivity contribution < 1.29 is 44.0 Å². The number of nitrogens with one attached hydrogen (secondary N) is 1. The van der Waals surface area contributed by atoms with E-state index in [0.29, 0.717) is 13.0 Å². The largest absolute Gasteiger partial charge is 0.510 e. The van der Waals surface area contributed by atoms with E-state index in [9.17, 15) is 39.6 Å². The molecule has 6 rings (SSSR count). The zero-order valence-corrected chi connectivity index (χ0v) is 21.8. The lowest BCUT2D eigenvalue weighted by atomic mass is 9.58. The van der Waals surface area contributed by atoms with E-state index in [2.05, 4.69) is 5.32 Å². The molecular weight excluding hydrogens is 527 g/mol. The lowest BCUT2D eigenvalue weighted by Crippen LogP contribution is -2.63. The Morgan fingerprint density at radius 1 is 1.18 bits per heavy atom. The number of carbonyl (C=O) groups excluding carboxylic acids is 4. The lowest BCUT2D eigenvalue weighted by Gasteiger charge is -2.50. The van der Waals surface area contributed by atoms with Gasteiger partial charge in [0.2, 0.25) is 11.7 Å². The molecule has 0 radical (unpaired) electrons. The van der Waals surface area contributed by atoms with E-state index >= 15 is 4.39 Å². The molecule has 13 heteroatoms. The van der Waals surface area contributed by atoms with Crippen LogP contribution in [0.15, 0.2) is 22.7 Å². The number of allylic oxidation sites excluding steroid dienone is 1. The fraction of sp³-hybridized carbons (Fsp3) is 0.481. The van der Waals surface area contributed by atoms with Crippen molar-refractivity contribution in [1.29, 1.82) is 0 Å². The second-order valence-corrected chi connectivity index (χ2v) is 11.5. The number of aliphatic hydroxyl groups excluding tert-OH is 2. The predicted molar refractivity (Wildman–Crippen MR) is 136 cm³/mol. The van der Waals surface area contributed by atoms with Gasteiger partial charge in [0, 0.05) is 29.2 Å². The first kappa shape index (κ1) is 26.4. The predicted octanol–water partition coefficient (Wildman–Crippen LogP) is 0.176. The zero-order valence-electron chi connectivity index (χ0n) is 21.8.